The van der Waals surface area contributed by atoms with Crippen molar-refractivity contribution < 1.29 is 14.8 Å². The van der Waals surface area contributed by atoms with Crippen molar-refractivity contribution in [2.75, 3.05) is 4.90 Å². The summed E-state index contributed by atoms with van der Waals surface area (Å²) in [6.07, 6.45) is -1.08. The van der Waals surface area contributed by atoms with Crippen LogP contribution in [0.25, 0.3) is 0 Å². The molecule has 0 spiro atoms. The van der Waals surface area contributed by atoms with Crippen molar-refractivity contribution in [3.8, 4) is 0 Å². The van der Waals surface area contributed by atoms with Gasteiger partial charge in [0.1, 0.15) is 0 Å². The van der Waals surface area contributed by atoms with Crippen LogP contribution in [0.3, 0.4) is 0 Å². The largest absolute Gasteiger partial charge is 0.465 e. The molecule has 0 aliphatic rings. The summed E-state index contributed by atoms with van der Waals surface area (Å²) in [5.74, 6) is 0. The Kier molecular flexibility index (Phi) is 3.44. The number of nitrogens with zero attached hydrogens (tertiary/aromatic N) is 2. The van der Waals surface area contributed by atoms with E-state index in [1.54, 1.807) is 13.8 Å². The van der Waals surface area contributed by atoms with E-state index < -0.39 is 11.0 Å². The molecule has 86 valence electrons. The molecule has 0 saturated heterocycles. The maximum Gasteiger partial charge on any atom is 0.412 e. The van der Waals surface area contributed by atoms with Crippen LogP contribution < -0.4 is 4.90 Å². The van der Waals surface area contributed by atoms with Crippen molar-refractivity contribution in [1.29, 1.82) is 0 Å². The summed E-state index contributed by atoms with van der Waals surface area (Å²) >= 11 is 0. The minimum Gasteiger partial charge on any atom is -0.465 e. The van der Waals surface area contributed by atoms with Crippen LogP contribution in [0, 0.1) is 10.1 Å². The first-order valence-corrected chi connectivity index (χ1v) is 4.70. The van der Waals surface area contributed by atoms with Gasteiger partial charge in [0, 0.05) is 23.9 Å². The van der Waals surface area contributed by atoms with Gasteiger partial charge in [-0.05, 0) is 26.0 Å². The summed E-state index contributed by atoms with van der Waals surface area (Å²) in [5.41, 5.74) is 0.367. The number of non-ortho nitro benzene ring substituents is 1. The second-order valence-corrected chi connectivity index (χ2v) is 3.52. The second kappa shape index (κ2) is 4.61. The normalized spacial score (nSPS) is 10.2. The topological polar surface area (TPSA) is 83.7 Å². The molecule has 0 bridgehead atoms. The van der Waals surface area contributed by atoms with Crippen LogP contribution in [0.15, 0.2) is 24.3 Å². The molecule has 0 fully saturated rings. The van der Waals surface area contributed by atoms with Crippen molar-refractivity contribution >= 4 is 17.5 Å². The number of hydrogen-bond acceptors (Lipinski definition) is 3. The summed E-state index contributed by atoms with van der Waals surface area (Å²) in [7, 11) is 0. The number of rotatable bonds is 3. The van der Waals surface area contributed by atoms with Crippen LogP contribution in [0.2, 0.25) is 0 Å². The Hall–Kier alpha value is -2.11. The van der Waals surface area contributed by atoms with Gasteiger partial charge >= 0.3 is 6.09 Å². The number of nitro benzene ring substituents is 1. The number of hydrogen-bond donors (Lipinski definition) is 1. The third-order valence-electron chi connectivity index (χ3n) is 2.06. The molecular formula is C10H12N2O4. The predicted molar refractivity (Wildman–Crippen MR) is 58.7 cm³/mol. The van der Waals surface area contributed by atoms with Gasteiger partial charge in [-0.15, -0.1) is 0 Å². The number of nitro groups is 1. The maximum atomic E-state index is 11.0. The molecule has 1 aromatic rings. The third kappa shape index (κ3) is 2.47. The number of anilines is 1. The van der Waals surface area contributed by atoms with Gasteiger partial charge in [-0.25, -0.2) is 4.79 Å². The Balaban J connectivity index is 3.03. The van der Waals surface area contributed by atoms with E-state index in [1.165, 1.54) is 24.3 Å². The van der Waals surface area contributed by atoms with Crippen LogP contribution in [0.1, 0.15) is 13.8 Å². The molecule has 0 aliphatic carbocycles. The van der Waals surface area contributed by atoms with Gasteiger partial charge in [-0.2, -0.15) is 0 Å². The number of carbonyl (C=O) groups is 1. The van der Waals surface area contributed by atoms with Gasteiger partial charge in [-0.1, -0.05) is 0 Å². The van der Waals surface area contributed by atoms with Gasteiger partial charge in [0.05, 0.1) is 4.92 Å². The highest BCUT2D eigenvalue weighted by Gasteiger charge is 2.18. The highest BCUT2D eigenvalue weighted by atomic mass is 16.6. The first kappa shape index (κ1) is 12.0. The van der Waals surface area contributed by atoms with Crippen molar-refractivity contribution in [3.63, 3.8) is 0 Å². The lowest BCUT2D eigenvalue weighted by Gasteiger charge is -2.23. The Bertz CT molecular complexity index is 400. The minimum atomic E-state index is -1.08. The average Bonchev–Trinajstić information content (AvgIpc) is 2.17. The van der Waals surface area contributed by atoms with Gasteiger partial charge < -0.3 is 5.11 Å². The molecule has 0 unspecified atom stereocenters. The zero-order chi connectivity index (χ0) is 12.3. The average molecular weight is 224 g/mol. The lowest BCUT2D eigenvalue weighted by atomic mass is 10.2. The first-order chi connectivity index (χ1) is 7.43. The van der Waals surface area contributed by atoms with Gasteiger partial charge in [0.2, 0.25) is 0 Å². The van der Waals surface area contributed by atoms with Crippen molar-refractivity contribution in [1.82, 2.24) is 0 Å². The van der Waals surface area contributed by atoms with Crippen LogP contribution in [-0.2, 0) is 0 Å². The Labute approximate surface area is 92.3 Å². The van der Waals surface area contributed by atoms with Gasteiger partial charge in [-0.3, -0.25) is 15.0 Å². The Morgan fingerprint density at radius 2 is 1.88 bits per heavy atom. The lowest BCUT2D eigenvalue weighted by molar-refractivity contribution is -0.384. The van der Waals surface area contributed by atoms with E-state index in [-0.39, 0.29) is 11.7 Å². The summed E-state index contributed by atoms with van der Waals surface area (Å²) in [6, 6.07) is 5.19. The zero-order valence-electron chi connectivity index (χ0n) is 8.95. The fourth-order valence-electron chi connectivity index (χ4n) is 1.36. The molecule has 0 saturated carbocycles. The van der Waals surface area contributed by atoms with E-state index in [2.05, 4.69) is 0 Å². The van der Waals surface area contributed by atoms with Crippen LogP contribution in [0.4, 0.5) is 16.2 Å². The molecule has 0 aromatic heterocycles. The molecular weight excluding hydrogens is 212 g/mol. The van der Waals surface area contributed by atoms with Crippen LogP contribution >= 0.6 is 0 Å². The molecule has 0 atom stereocenters. The van der Waals surface area contributed by atoms with E-state index in [9.17, 15) is 14.9 Å². The third-order valence-corrected chi connectivity index (χ3v) is 2.06. The zero-order valence-corrected chi connectivity index (χ0v) is 8.95. The minimum absolute atomic E-state index is 0.0576. The summed E-state index contributed by atoms with van der Waals surface area (Å²) < 4.78 is 0. The van der Waals surface area contributed by atoms with E-state index in [0.29, 0.717) is 5.69 Å². The Morgan fingerprint density at radius 3 is 2.19 bits per heavy atom. The number of amides is 1. The highest BCUT2D eigenvalue weighted by molar-refractivity contribution is 5.86. The summed E-state index contributed by atoms with van der Waals surface area (Å²) in [6.45, 7) is 3.46. The molecule has 0 radical (unpaired) electrons. The fourth-order valence-corrected chi connectivity index (χ4v) is 1.36. The molecule has 0 heterocycles. The molecule has 6 nitrogen and oxygen atoms in total. The van der Waals surface area contributed by atoms with Crippen molar-refractivity contribution in [2.24, 2.45) is 0 Å². The van der Waals surface area contributed by atoms with Gasteiger partial charge in [0.25, 0.3) is 5.69 Å². The highest BCUT2D eigenvalue weighted by Crippen LogP contribution is 2.21. The fraction of sp³-hybridized carbons (Fsp3) is 0.300. The maximum absolute atomic E-state index is 11.0. The summed E-state index contributed by atoms with van der Waals surface area (Å²) in [5, 5.41) is 19.4. The molecule has 16 heavy (non-hydrogen) atoms. The predicted octanol–water partition coefficient (Wildman–Crippen LogP) is 2.49. The first-order valence-electron chi connectivity index (χ1n) is 4.70. The number of benzene rings is 1. The number of carboxylic acid groups (broad SMARTS) is 1. The SMILES string of the molecule is CC(C)N(C(=O)O)c1ccc([N+](=O)[O-])cc1. The molecule has 1 rings (SSSR count). The quantitative estimate of drug-likeness (QED) is 0.631. The standard InChI is InChI=1S/C10H12N2O4/c1-7(2)11(10(13)14)8-3-5-9(6-4-8)12(15)16/h3-7H,1-2H3,(H,13,14). The monoisotopic (exact) mass is 224 g/mol. The van der Waals surface area contributed by atoms with Gasteiger partial charge in [0.15, 0.2) is 0 Å². The lowest BCUT2D eigenvalue weighted by Crippen LogP contribution is -2.35. The molecule has 1 amide bonds. The summed E-state index contributed by atoms with van der Waals surface area (Å²) in [4.78, 5) is 22.0. The molecule has 1 N–H and O–H groups in total. The second-order valence-electron chi connectivity index (χ2n) is 3.52. The van der Waals surface area contributed by atoms with Crippen molar-refractivity contribution in [3.05, 3.63) is 34.4 Å². The smallest absolute Gasteiger partial charge is 0.412 e. The molecule has 0 aliphatic heterocycles. The van der Waals surface area contributed by atoms with E-state index in [0.717, 1.165) is 4.90 Å². The van der Waals surface area contributed by atoms with E-state index in [4.69, 9.17) is 5.11 Å². The van der Waals surface area contributed by atoms with E-state index in [1.807, 2.05) is 0 Å². The molecule has 6 heteroatoms. The Morgan fingerprint density at radius 1 is 1.38 bits per heavy atom. The molecule has 1 aromatic carbocycles. The van der Waals surface area contributed by atoms with Crippen LogP contribution in [-0.4, -0.2) is 22.2 Å². The van der Waals surface area contributed by atoms with Crippen LogP contribution in [0.5, 0.6) is 0 Å². The van der Waals surface area contributed by atoms with E-state index >= 15 is 0 Å². The van der Waals surface area contributed by atoms with Crippen molar-refractivity contribution in [2.45, 2.75) is 19.9 Å².